The van der Waals surface area contributed by atoms with E-state index in [-0.39, 0.29) is 11.4 Å². The summed E-state index contributed by atoms with van der Waals surface area (Å²) in [7, 11) is 0. The monoisotopic (exact) mass is 286 g/mol. The van der Waals surface area contributed by atoms with Gasteiger partial charge in [-0.3, -0.25) is 0 Å². The lowest BCUT2D eigenvalue weighted by molar-refractivity contribution is -0.155. The van der Waals surface area contributed by atoms with Gasteiger partial charge in [0, 0.05) is 5.41 Å². The number of allylic oxidation sites excluding steroid dienone is 1. The third-order valence-electron chi connectivity index (χ3n) is 4.17. The molecule has 3 nitrogen and oxygen atoms in total. The molecule has 3 heteroatoms. The fourth-order valence-corrected chi connectivity index (χ4v) is 3.01. The molecule has 0 amide bonds. The molecule has 1 aromatic carbocycles. The van der Waals surface area contributed by atoms with Crippen LogP contribution in [-0.4, -0.2) is 12.3 Å². The molecule has 1 aliphatic heterocycles. The third kappa shape index (κ3) is 2.30. The number of esters is 1. The van der Waals surface area contributed by atoms with E-state index in [1.54, 1.807) is 0 Å². The maximum atomic E-state index is 12.8. The Morgan fingerprint density at radius 1 is 1.19 bits per heavy atom. The molecular weight excluding hydrogens is 264 g/mol. The van der Waals surface area contributed by atoms with Crippen molar-refractivity contribution in [3.05, 3.63) is 47.5 Å². The summed E-state index contributed by atoms with van der Waals surface area (Å²) in [5.41, 5.74) is 0.626. The number of hydrogen-bond acceptors (Lipinski definition) is 3. The maximum absolute atomic E-state index is 12.8. The molecule has 0 spiro atoms. The van der Waals surface area contributed by atoms with E-state index in [0.717, 1.165) is 30.4 Å². The first kappa shape index (κ1) is 14.3. The maximum Gasteiger partial charge on any atom is 0.350 e. The first-order valence-corrected chi connectivity index (χ1v) is 7.58. The van der Waals surface area contributed by atoms with Gasteiger partial charge in [0.05, 0.1) is 0 Å². The molecule has 0 radical (unpaired) electrons. The van der Waals surface area contributed by atoms with E-state index in [4.69, 9.17) is 9.47 Å². The van der Waals surface area contributed by atoms with Crippen molar-refractivity contribution in [2.75, 3.05) is 0 Å². The molecule has 1 aromatic rings. The molecule has 0 saturated carbocycles. The highest BCUT2D eigenvalue weighted by Gasteiger charge is 2.56. The Morgan fingerprint density at radius 3 is 2.43 bits per heavy atom. The topological polar surface area (TPSA) is 35.5 Å². The smallest absolute Gasteiger partial charge is 0.350 e. The van der Waals surface area contributed by atoms with Crippen molar-refractivity contribution in [1.82, 2.24) is 0 Å². The van der Waals surface area contributed by atoms with Crippen molar-refractivity contribution in [3.63, 3.8) is 0 Å². The largest absolute Gasteiger partial charge is 0.432 e. The molecule has 21 heavy (non-hydrogen) atoms. The molecule has 1 fully saturated rings. The van der Waals surface area contributed by atoms with E-state index in [9.17, 15) is 4.79 Å². The van der Waals surface area contributed by atoms with Crippen LogP contribution < -0.4 is 0 Å². The molecule has 1 aliphatic carbocycles. The quantitative estimate of drug-likeness (QED) is 0.610. The predicted octanol–water partition coefficient (Wildman–Crippen LogP) is 3.94. The summed E-state index contributed by atoms with van der Waals surface area (Å²) < 4.78 is 11.9. The fourth-order valence-electron chi connectivity index (χ4n) is 3.01. The van der Waals surface area contributed by atoms with Crippen LogP contribution in [0.3, 0.4) is 0 Å². The number of carbonyl (C=O) groups is 1. The van der Waals surface area contributed by atoms with Crippen LogP contribution in [0.1, 0.15) is 45.6 Å². The van der Waals surface area contributed by atoms with Gasteiger partial charge in [0.2, 0.25) is 11.9 Å². The minimum atomic E-state index is -1.05. The van der Waals surface area contributed by atoms with Crippen molar-refractivity contribution >= 4 is 5.97 Å². The van der Waals surface area contributed by atoms with E-state index in [1.807, 2.05) is 51.1 Å². The van der Waals surface area contributed by atoms with E-state index >= 15 is 0 Å². The molecular formula is C18H22O3. The molecule has 2 aliphatic rings. The van der Waals surface area contributed by atoms with Gasteiger partial charge in [-0.15, -0.1) is 0 Å². The SMILES string of the molecule is CC(C)(C)[C@H]1OC(=O)[C@](C2=CCCC2)(c2ccccc2)O1. The molecule has 3 rings (SSSR count). The Bertz CT molecular complexity index is 568. The summed E-state index contributed by atoms with van der Waals surface area (Å²) in [5.74, 6) is -0.276. The van der Waals surface area contributed by atoms with Crippen LogP contribution in [-0.2, 0) is 19.9 Å². The van der Waals surface area contributed by atoms with Crippen molar-refractivity contribution in [2.24, 2.45) is 5.41 Å². The van der Waals surface area contributed by atoms with Crippen LogP contribution >= 0.6 is 0 Å². The van der Waals surface area contributed by atoms with Gasteiger partial charge < -0.3 is 9.47 Å². The van der Waals surface area contributed by atoms with Crippen LogP contribution in [0.5, 0.6) is 0 Å². The standard InChI is InChI=1S/C18H22O3/c1-17(2,3)16-20-15(19)18(21-16,14-11-7-8-12-14)13-9-5-4-6-10-13/h4-6,9-11,16H,7-8,12H2,1-3H3/t16-,18+/m0/s1. The molecule has 112 valence electrons. The van der Waals surface area contributed by atoms with Gasteiger partial charge in [0.25, 0.3) is 0 Å². The summed E-state index contributed by atoms with van der Waals surface area (Å²) in [4.78, 5) is 12.8. The highest BCUT2D eigenvalue weighted by atomic mass is 16.8. The zero-order valence-corrected chi connectivity index (χ0v) is 12.9. The van der Waals surface area contributed by atoms with Crippen molar-refractivity contribution < 1.29 is 14.3 Å². The average Bonchev–Trinajstić information content (AvgIpc) is 3.07. The Morgan fingerprint density at radius 2 is 1.90 bits per heavy atom. The number of rotatable bonds is 2. The number of benzene rings is 1. The minimum Gasteiger partial charge on any atom is -0.432 e. The van der Waals surface area contributed by atoms with Gasteiger partial charge in [-0.2, -0.15) is 0 Å². The summed E-state index contributed by atoms with van der Waals surface area (Å²) in [5, 5.41) is 0. The fraction of sp³-hybridized carbons (Fsp3) is 0.500. The lowest BCUT2D eigenvalue weighted by Crippen LogP contribution is -2.36. The first-order valence-electron chi connectivity index (χ1n) is 7.58. The zero-order chi connectivity index (χ0) is 15.1. The lowest BCUT2D eigenvalue weighted by Gasteiger charge is -2.29. The van der Waals surface area contributed by atoms with E-state index < -0.39 is 11.9 Å². The summed E-state index contributed by atoms with van der Waals surface area (Å²) in [6.07, 6.45) is 4.58. The van der Waals surface area contributed by atoms with E-state index in [2.05, 4.69) is 6.08 Å². The molecule has 1 saturated heterocycles. The van der Waals surface area contributed by atoms with Gasteiger partial charge >= 0.3 is 5.97 Å². The second-order valence-electron chi connectivity index (χ2n) is 6.89. The highest BCUT2D eigenvalue weighted by Crippen LogP contribution is 2.48. The second-order valence-corrected chi connectivity index (χ2v) is 6.89. The van der Waals surface area contributed by atoms with Crippen LogP contribution in [0, 0.1) is 5.41 Å². The predicted molar refractivity (Wildman–Crippen MR) is 80.5 cm³/mol. The number of ether oxygens (including phenoxy) is 2. The molecule has 0 aromatic heterocycles. The normalized spacial score (nSPS) is 29.4. The van der Waals surface area contributed by atoms with Crippen molar-refractivity contribution in [3.8, 4) is 0 Å². The molecule has 0 N–H and O–H groups in total. The summed E-state index contributed by atoms with van der Waals surface area (Å²) in [6, 6.07) is 9.72. The Balaban J connectivity index is 2.08. The first-order chi connectivity index (χ1) is 9.94. The van der Waals surface area contributed by atoms with Crippen LogP contribution in [0.4, 0.5) is 0 Å². The van der Waals surface area contributed by atoms with E-state index in [0.29, 0.717) is 0 Å². The van der Waals surface area contributed by atoms with Gasteiger partial charge in [-0.1, -0.05) is 57.2 Å². The minimum absolute atomic E-state index is 0.245. The van der Waals surface area contributed by atoms with Gasteiger partial charge in [-0.25, -0.2) is 4.79 Å². The van der Waals surface area contributed by atoms with Crippen LogP contribution in [0.15, 0.2) is 42.0 Å². The molecule has 1 heterocycles. The lowest BCUT2D eigenvalue weighted by atomic mass is 9.85. The Labute approximate surface area is 125 Å². The zero-order valence-electron chi connectivity index (χ0n) is 12.9. The summed E-state index contributed by atoms with van der Waals surface area (Å²) in [6.45, 7) is 6.07. The average molecular weight is 286 g/mol. The summed E-state index contributed by atoms with van der Waals surface area (Å²) >= 11 is 0. The van der Waals surface area contributed by atoms with Crippen molar-refractivity contribution in [2.45, 2.75) is 51.9 Å². The number of cyclic esters (lactones) is 1. The Hall–Kier alpha value is -1.61. The van der Waals surface area contributed by atoms with Crippen LogP contribution in [0.25, 0.3) is 0 Å². The number of carbonyl (C=O) groups excluding carboxylic acids is 1. The van der Waals surface area contributed by atoms with E-state index in [1.165, 1.54) is 0 Å². The van der Waals surface area contributed by atoms with Crippen LogP contribution in [0.2, 0.25) is 0 Å². The number of hydrogen-bond donors (Lipinski definition) is 0. The molecule has 2 atom stereocenters. The third-order valence-corrected chi connectivity index (χ3v) is 4.17. The van der Waals surface area contributed by atoms with Gasteiger partial charge in [0.15, 0.2) is 0 Å². The molecule has 0 bridgehead atoms. The second kappa shape index (κ2) is 4.99. The Kier molecular flexibility index (Phi) is 3.40. The highest BCUT2D eigenvalue weighted by molar-refractivity contribution is 5.87. The molecule has 0 unspecified atom stereocenters. The van der Waals surface area contributed by atoms with Gasteiger partial charge in [0.1, 0.15) is 0 Å². The van der Waals surface area contributed by atoms with Crippen molar-refractivity contribution in [1.29, 1.82) is 0 Å². The van der Waals surface area contributed by atoms with Gasteiger partial charge in [-0.05, 0) is 30.4 Å².